The van der Waals surface area contributed by atoms with E-state index in [1.807, 2.05) is 6.07 Å². The second-order valence-corrected chi connectivity index (χ2v) is 6.24. The standard InChI is InChI=1S/C18H29ClFN/c1-4-7-8-14(6-3)12-18(21-11-5-2)15-9-10-16(19)17(20)13-15/h9-10,13-14,18,21H,4-8,11-12H2,1-3H3. The van der Waals surface area contributed by atoms with Crippen molar-refractivity contribution < 1.29 is 4.39 Å². The second-order valence-electron chi connectivity index (χ2n) is 5.83. The van der Waals surface area contributed by atoms with E-state index in [4.69, 9.17) is 11.6 Å². The van der Waals surface area contributed by atoms with E-state index >= 15 is 0 Å². The van der Waals surface area contributed by atoms with Crippen LogP contribution in [0.1, 0.15) is 70.9 Å². The van der Waals surface area contributed by atoms with Crippen molar-refractivity contribution in [1.82, 2.24) is 5.32 Å². The zero-order valence-electron chi connectivity index (χ0n) is 13.6. The van der Waals surface area contributed by atoms with Crippen LogP contribution in [0.25, 0.3) is 0 Å². The molecule has 3 heteroatoms. The average Bonchev–Trinajstić information content (AvgIpc) is 2.49. The molecule has 1 nitrogen and oxygen atoms in total. The molecule has 0 fully saturated rings. The van der Waals surface area contributed by atoms with E-state index in [1.165, 1.54) is 25.7 Å². The van der Waals surface area contributed by atoms with Crippen LogP contribution in [-0.2, 0) is 0 Å². The summed E-state index contributed by atoms with van der Waals surface area (Å²) in [6.07, 6.45) is 7.09. The first-order chi connectivity index (χ1) is 10.1. The maximum Gasteiger partial charge on any atom is 0.142 e. The van der Waals surface area contributed by atoms with Gasteiger partial charge in [0.2, 0.25) is 0 Å². The summed E-state index contributed by atoms with van der Waals surface area (Å²) in [6, 6.07) is 5.42. The van der Waals surface area contributed by atoms with Crippen LogP contribution in [0.2, 0.25) is 5.02 Å². The Hall–Kier alpha value is -0.600. The van der Waals surface area contributed by atoms with E-state index < -0.39 is 0 Å². The van der Waals surface area contributed by atoms with E-state index in [-0.39, 0.29) is 16.9 Å². The molecule has 0 heterocycles. The third kappa shape index (κ3) is 6.36. The molecule has 0 radical (unpaired) electrons. The van der Waals surface area contributed by atoms with Gasteiger partial charge in [-0.2, -0.15) is 0 Å². The van der Waals surface area contributed by atoms with Crippen molar-refractivity contribution in [2.45, 2.75) is 65.3 Å². The second kappa shape index (κ2) is 10.2. The molecule has 0 aliphatic carbocycles. The molecule has 0 saturated carbocycles. The van der Waals surface area contributed by atoms with E-state index in [0.29, 0.717) is 5.92 Å². The minimum absolute atomic E-state index is 0.200. The Morgan fingerprint density at radius 1 is 1.19 bits per heavy atom. The van der Waals surface area contributed by atoms with Gasteiger partial charge >= 0.3 is 0 Å². The molecule has 1 rings (SSSR count). The van der Waals surface area contributed by atoms with Gasteiger partial charge in [-0.1, -0.05) is 64.1 Å². The first-order valence-electron chi connectivity index (χ1n) is 8.30. The van der Waals surface area contributed by atoms with Crippen molar-refractivity contribution in [3.8, 4) is 0 Å². The Balaban J connectivity index is 2.80. The molecule has 2 atom stereocenters. The molecule has 1 N–H and O–H groups in total. The quantitative estimate of drug-likeness (QED) is 0.548. The molecular formula is C18H29ClFN. The molecule has 0 aliphatic rings. The smallest absolute Gasteiger partial charge is 0.142 e. The first-order valence-corrected chi connectivity index (χ1v) is 8.68. The molecule has 1 aromatic carbocycles. The van der Waals surface area contributed by atoms with Crippen molar-refractivity contribution >= 4 is 11.6 Å². The minimum atomic E-state index is -0.320. The fraction of sp³-hybridized carbons (Fsp3) is 0.667. The normalized spacial score (nSPS) is 14.1. The van der Waals surface area contributed by atoms with Crippen LogP contribution in [0.4, 0.5) is 4.39 Å². The number of halogens is 2. The Labute approximate surface area is 134 Å². The lowest BCUT2D eigenvalue weighted by molar-refractivity contribution is 0.353. The molecule has 0 spiro atoms. The van der Waals surface area contributed by atoms with Crippen molar-refractivity contribution in [3.05, 3.63) is 34.6 Å². The van der Waals surface area contributed by atoms with E-state index in [1.54, 1.807) is 12.1 Å². The summed E-state index contributed by atoms with van der Waals surface area (Å²) in [5, 5.41) is 3.76. The zero-order valence-corrected chi connectivity index (χ0v) is 14.3. The predicted octanol–water partition coefficient (Wildman–Crippen LogP) is 6.13. The van der Waals surface area contributed by atoms with Crippen LogP contribution in [0.5, 0.6) is 0 Å². The SMILES string of the molecule is CCCCC(CC)CC(NCCC)c1ccc(Cl)c(F)c1. The van der Waals surface area contributed by atoms with Gasteiger partial charge in [-0.25, -0.2) is 4.39 Å². The van der Waals surface area contributed by atoms with Gasteiger partial charge in [0.25, 0.3) is 0 Å². The number of nitrogens with one attached hydrogen (secondary N) is 1. The van der Waals surface area contributed by atoms with Gasteiger partial charge in [-0.3, -0.25) is 0 Å². The van der Waals surface area contributed by atoms with Crippen molar-refractivity contribution in [3.63, 3.8) is 0 Å². The van der Waals surface area contributed by atoms with E-state index in [9.17, 15) is 4.39 Å². The number of rotatable bonds is 10. The van der Waals surface area contributed by atoms with Gasteiger partial charge in [0, 0.05) is 6.04 Å². The summed E-state index contributed by atoms with van der Waals surface area (Å²) in [6.45, 7) is 7.59. The van der Waals surface area contributed by atoms with Gasteiger partial charge in [0.1, 0.15) is 5.82 Å². The van der Waals surface area contributed by atoms with Crippen LogP contribution in [0, 0.1) is 11.7 Å². The van der Waals surface area contributed by atoms with Crippen LogP contribution in [0.3, 0.4) is 0 Å². The lowest BCUT2D eigenvalue weighted by Crippen LogP contribution is -2.24. The Kier molecular flexibility index (Phi) is 8.94. The van der Waals surface area contributed by atoms with E-state index in [2.05, 4.69) is 26.1 Å². The van der Waals surface area contributed by atoms with E-state index in [0.717, 1.165) is 24.9 Å². The zero-order chi connectivity index (χ0) is 15.7. The van der Waals surface area contributed by atoms with Crippen LogP contribution in [0.15, 0.2) is 18.2 Å². The molecule has 0 aromatic heterocycles. The Morgan fingerprint density at radius 3 is 2.52 bits per heavy atom. The van der Waals surface area contributed by atoms with Crippen molar-refractivity contribution in [1.29, 1.82) is 0 Å². The lowest BCUT2D eigenvalue weighted by Gasteiger charge is -2.24. The number of benzene rings is 1. The fourth-order valence-corrected chi connectivity index (χ4v) is 2.82. The van der Waals surface area contributed by atoms with Gasteiger partial charge in [0.15, 0.2) is 0 Å². The molecule has 1 aromatic rings. The number of hydrogen-bond acceptors (Lipinski definition) is 1. The Morgan fingerprint density at radius 2 is 1.95 bits per heavy atom. The highest BCUT2D eigenvalue weighted by atomic mass is 35.5. The molecule has 0 aliphatic heterocycles. The summed E-state index contributed by atoms with van der Waals surface area (Å²) in [4.78, 5) is 0. The summed E-state index contributed by atoms with van der Waals surface area (Å²) in [7, 11) is 0. The predicted molar refractivity (Wildman–Crippen MR) is 90.4 cm³/mol. The summed E-state index contributed by atoms with van der Waals surface area (Å²) < 4.78 is 13.7. The number of unbranched alkanes of at least 4 members (excludes halogenated alkanes) is 1. The van der Waals surface area contributed by atoms with Crippen LogP contribution < -0.4 is 5.32 Å². The molecule has 0 amide bonds. The van der Waals surface area contributed by atoms with Crippen molar-refractivity contribution in [2.75, 3.05) is 6.54 Å². The average molecular weight is 314 g/mol. The van der Waals surface area contributed by atoms with Gasteiger partial charge < -0.3 is 5.32 Å². The topological polar surface area (TPSA) is 12.0 Å². The summed E-state index contributed by atoms with van der Waals surface area (Å²) >= 11 is 5.80. The lowest BCUT2D eigenvalue weighted by atomic mass is 9.89. The highest BCUT2D eigenvalue weighted by molar-refractivity contribution is 6.30. The molecular weight excluding hydrogens is 285 g/mol. The molecule has 0 bridgehead atoms. The maximum absolute atomic E-state index is 13.7. The third-order valence-electron chi connectivity index (χ3n) is 4.10. The summed E-state index contributed by atoms with van der Waals surface area (Å²) in [5.74, 6) is 0.372. The minimum Gasteiger partial charge on any atom is -0.310 e. The Bertz CT molecular complexity index is 408. The summed E-state index contributed by atoms with van der Waals surface area (Å²) in [5.41, 5.74) is 1.01. The van der Waals surface area contributed by atoms with Gasteiger partial charge in [-0.05, 0) is 43.0 Å². The molecule has 21 heavy (non-hydrogen) atoms. The fourth-order valence-electron chi connectivity index (χ4n) is 2.70. The van der Waals surface area contributed by atoms with Crippen molar-refractivity contribution in [2.24, 2.45) is 5.92 Å². The monoisotopic (exact) mass is 313 g/mol. The highest BCUT2D eigenvalue weighted by Crippen LogP contribution is 2.28. The first kappa shape index (κ1) is 18.4. The van der Waals surface area contributed by atoms with Gasteiger partial charge in [0.05, 0.1) is 5.02 Å². The van der Waals surface area contributed by atoms with Crippen LogP contribution >= 0.6 is 11.6 Å². The maximum atomic E-state index is 13.7. The van der Waals surface area contributed by atoms with Gasteiger partial charge in [-0.15, -0.1) is 0 Å². The molecule has 120 valence electrons. The molecule has 2 unspecified atom stereocenters. The molecule has 0 saturated heterocycles. The largest absolute Gasteiger partial charge is 0.310 e. The highest BCUT2D eigenvalue weighted by Gasteiger charge is 2.17. The van der Waals surface area contributed by atoms with Crippen LogP contribution in [-0.4, -0.2) is 6.54 Å². The number of hydrogen-bond donors (Lipinski definition) is 1. The third-order valence-corrected chi connectivity index (χ3v) is 4.41.